The summed E-state index contributed by atoms with van der Waals surface area (Å²) in [6.07, 6.45) is 97.7. The van der Waals surface area contributed by atoms with E-state index < -0.39 is 12.1 Å². The van der Waals surface area contributed by atoms with Gasteiger partial charge in [0.25, 0.3) is 0 Å². The van der Waals surface area contributed by atoms with Gasteiger partial charge in [0.05, 0.1) is 25.4 Å². The number of carbonyl (C=O) groups is 2. The van der Waals surface area contributed by atoms with Gasteiger partial charge in [0.2, 0.25) is 5.91 Å². The standard InChI is InChI=1S/C81H159NO5/c1-3-5-7-9-11-13-15-17-18-19-20-21-22-31-34-37-40-43-46-50-53-57-61-65-69-73-79(84)78(77-83)82-80(85)74-70-66-62-58-54-51-47-44-41-38-35-32-29-27-25-23-24-26-28-30-33-36-39-42-45-48-52-56-60-64-68-72-76-87-81(86)75-71-67-63-59-55-49-16-14-12-10-8-6-4-2/h69,73,78-79,83-84H,3-68,70-72,74-77H2,1-2H3,(H,82,85)/b73-69+. The Morgan fingerprint density at radius 1 is 0.310 bits per heavy atom. The molecule has 0 fully saturated rings. The van der Waals surface area contributed by atoms with Crippen molar-refractivity contribution in [2.24, 2.45) is 0 Å². The normalized spacial score (nSPS) is 12.5. The molecule has 87 heavy (non-hydrogen) atoms. The van der Waals surface area contributed by atoms with Crippen LogP contribution in [0.1, 0.15) is 470 Å². The maximum atomic E-state index is 12.6. The van der Waals surface area contributed by atoms with Gasteiger partial charge in [-0.05, 0) is 32.1 Å². The first-order valence-corrected chi connectivity index (χ1v) is 40.5. The Balaban J connectivity index is 3.35. The monoisotopic (exact) mass is 1230 g/mol. The molecule has 0 aliphatic carbocycles. The fourth-order valence-corrected chi connectivity index (χ4v) is 13.2. The van der Waals surface area contributed by atoms with Gasteiger partial charge in [0.15, 0.2) is 0 Å². The first-order chi connectivity index (χ1) is 43.0. The first-order valence-electron chi connectivity index (χ1n) is 40.5. The average Bonchev–Trinajstić information content (AvgIpc) is 3.57. The number of hydrogen-bond donors (Lipinski definition) is 3. The molecule has 0 saturated carbocycles. The van der Waals surface area contributed by atoms with E-state index in [0.717, 1.165) is 38.5 Å². The number of amides is 1. The largest absolute Gasteiger partial charge is 0.466 e. The van der Waals surface area contributed by atoms with Crippen molar-refractivity contribution in [1.29, 1.82) is 0 Å². The topological polar surface area (TPSA) is 95.9 Å². The molecule has 0 aromatic rings. The van der Waals surface area contributed by atoms with Gasteiger partial charge in [-0.1, -0.05) is 437 Å². The Labute approximate surface area is 546 Å². The highest BCUT2D eigenvalue weighted by Crippen LogP contribution is 2.20. The van der Waals surface area contributed by atoms with Crippen LogP contribution in [0.5, 0.6) is 0 Å². The van der Waals surface area contributed by atoms with Gasteiger partial charge in [-0.3, -0.25) is 9.59 Å². The summed E-state index contributed by atoms with van der Waals surface area (Å²) >= 11 is 0. The molecule has 0 radical (unpaired) electrons. The van der Waals surface area contributed by atoms with Crippen molar-refractivity contribution < 1.29 is 24.5 Å². The van der Waals surface area contributed by atoms with E-state index in [1.165, 1.54) is 405 Å². The molecule has 0 aromatic carbocycles. The van der Waals surface area contributed by atoms with Gasteiger partial charge in [-0.15, -0.1) is 0 Å². The van der Waals surface area contributed by atoms with E-state index in [1.807, 2.05) is 6.08 Å². The summed E-state index contributed by atoms with van der Waals surface area (Å²) in [5.74, 6) is -0.0337. The van der Waals surface area contributed by atoms with E-state index in [0.29, 0.717) is 19.4 Å². The van der Waals surface area contributed by atoms with Crippen molar-refractivity contribution in [1.82, 2.24) is 5.32 Å². The van der Waals surface area contributed by atoms with Gasteiger partial charge >= 0.3 is 5.97 Å². The zero-order valence-electron chi connectivity index (χ0n) is 59.5. The smallest absolute Gasteiger partial charge is 0.305 e. The molecule has 0 heterocycles. The molecule has 0 aliphatic heterocycles. The molecule has 6 heteroatoms. The summed E-state index contributed by atoms with van der Waals surface area (Å²) in [6, 6.07) is -0.625. The predicted octanol–water partition coefficient (Wildman–Crippen LogP) is 26.7. The van der Waals surface area contributed by atoms with Crippen LogP contribution in [0.25, 0.3) is 0 Å². The molecule has 0 aliphatic rings. The lowest BCUT2D eigenvalue weighted by Gasteiger charge is -2.20. The van der Waals surface area contributed by atoms with Crippen molar-refractivity contribution in [3.63, 3.8) is 0 Å². The molecule has 6 nitrogen and oxygen atoms in total. The van der Waals surface area contributed by atoms with Gasteiger partial charge in [-0.25, -0.2) is 0 Å². The van der Waals surface area contributed by atoms with E-state index in [-0.39, 0.29) is 18.5 Å². The van der Waals surface area contributed by atoms with E-state index in [2.05, 4.69) is 19.2 Å². The van der Waals surface area contributed by atoms with Crippen LogP contribution >= 0.6 is 0 Å². The SMILES string of the molecule is CCCCCCCCCCCCCCCCCCCCCCCCC/C=C/C(O)C(CO)NC(=O)CCCCCCCCCCCCCCCCCCCCCCCCCCCCCCCCCCOC(=O)CCCCCCCCCCCCCCC. The minimum atomic E-state index is -0.842. The molecule has 0 bridgehead atoms. The van der Waals surface area contributed by atoms with E-state index >= 15 is 0 Å². The highest BCUT2D eigenvalue weighted by molar-refractivity contribution is 5.76. The summed E-state index contributed by atoms with van der Waals surface area (Å²) in [7, 11) is 0. The minimum Gasteiger partial charge on any atom is -0.466 e. The number of aliphatic hydroxyl groups is 2. The van der Waals surface area contributed by atoms with Crippen LogP contribution in [-0.4, -0.2) is 47.4 Å². The lowest BCUT2D eigenvalue weighted by Crippen LogP contribution is -2.45. The molecule has 0 aromatic heterocycles. The second-order valence-electron chi connectivity index (χ2n) is 28.1. The fraction of sp³-hybridized carbons (Fsp3) is 0.951. The molecule has 0 spiro atoms. The van der Waals surface area contributed by atoms with Gasteiger partial charge in [-0.2, -0.15) is 0 Å². The van der Waals surface area contributed by atoms with E-state index in [1.54, 1.807) is 6.08 Å². The first kappa shape index (κ1) is 85.6. The van der Waals surface area contributed by atoms with Gasteiger partial charge in [0, 0.05) is 12.8 Å². The average molecular weight is 1230 g/mol. The Morgan fingerprint density at radius 2 is 0.529 bits per heavy atom. The third kappa shape index (κ3) is 73.5. The van der Waals surface area contributed by atoms with Crippen LogP contribution in [-0.2, 0) is 14.3 Å². The lowest BCUT2D eigenvalue weighted by atomic mass is 10.0. The zero-order chi connectivity index (χ0) is 62.8. The second-order valence-corrected chi connectivity index (χ2v) is 28.1. The van der Waals surface area contributed by atoms with Crippen molar-refractivity contribution in [2.75, 3.05) is 13.2 Å². The van der Waals surface area contributed by atoms with Gasteiger partial charge < -0.3 is 20.3 Å². The molecule has 2 atom stereocenters. The van der Waals surface area contributed by atoms with Gasteiger partial charge in [0.1, 0.15) is 0 Å². The lowest BCUT2D eigenvalue weighted by molar-refractivity contribution is -0.143. The summed E-state index contributed by atoms with van der Waals surface area (Å²) in [5.41, 5.74) is 0. The Morgan fingerprint density at radius 3 is 0.782 bits per heavy atom. The van der Waals surface area contributed by atoms with Crippen LogP contribution in [0, 0.1) is 0 Å². The quantitative estimate of drug-likeness (QED) is 0.0320. The molecule has 0 saturated heterocycles. The van der Waals surface area contributed by atoms with E-state index in [9.17, 15) is 19.8 Å². The van der Waals surface area contributed by atoms with Crippen molar-refractivity contribution in [3.05, 3.63) is 12.2 Å². The number of unbranched alkanes of at least 4 members (excludes halogenated alkanes) is 66. The zero-order valence-corrected chi connectivity index (χ0v) is 59.5. The Bertz CT molecular complexity index is 1320. The highest BCUT2D eigenvalue weighted by Gasteiger charge is 2.18. The molecular weight excluding hydrogens is 1070 g/mol. The number of carbonyl (C=O) groups excluding carboxylic acids is 2. The Hall–Kier alpha value is -1.40. The number of esters is 1. The fourth-order valence-electron chi connectivity index (χ4n) is 13.2. The van der Waals surface area contributed by atoms with Crippen LogP contribution in [0.3, 0.4) is 0 Å². The van der Waals surface area contributed by atoms with Crippen LogP contribution in [0.15, 0.2) is 12.2 Å². The number of rotatable bonds is 77. The van der Waals surface area contributed by atoms with Crippen LogP contribution in [0.2, 0.25) is 0 Å². The van der Waals surface area contributed by atoms with E-state index in [4.69, 9.17) is 4.74 Å². The number of ether oxygens (including phenoxy) is 1. The third-order valence-corrected chi connectivity index (χ3v) is 19.3. The number of allylic oxidation sites excluding steroid dienone is 1. The van der Waals surface area contributed by atoms with Crippen LogP contribution < -0.4 is 5.32 Å². The molecule has 3 N–H and O–H groups in total. The maximum Gasteiger partial charge on any atom is 0.305 e. The molecule has 1 amide bonds. The second kappa shape index (κ2) is 77.1. The molecule has 0 rings (SSSR count). The summed E-state index contributed by atoms with van der Waals surface area (Å²) in [4.78, 5) is 24.6. The Kier molecular flexibility index (Phi) is 75.8. The highest BCUT2D eigenvalue weighted by atomic mass is 16.5. The minimum absolute atomic E-state index is 0.0238. The summed E-state index contributed by atoms with van der Waals surface area (Å²) in [5, 5.41) is 23.3. The molecular formula is C81H159NO5. The summed E-state index contributed by atoms with van der Waals surface area (Å²) in [6.45, 7) is 4.97. The maximum absolute atomic E-state index is 12.6. The number of hydrogen-bond acceptors (Lipinski definition) is 5. The van der Waals surface area contributed by atoms with Crippen LogP contribution in [0.4, 0.5) is 0 Å². The van der Waals surface area contributed by atoms with Crippen molar-refractivity contribution in [3.8, 4) is 0 Å². The summed E-state index contributed by atoms with van der Waals surface area (Å²) < 4.78 is 5.50. The number of aliphatic hydroxyl groups excluding tert-OH is 2. The van der Waals surface area contributed by atoms with Crippen molar-refractivity contribution >= 4 is 11.9 Å². The third-order valence-electron chi connectivity index (χ3n) is 19.3. The van der Waals surface area contributed by atoms with Crippen molar-refractivity contribution in [2.45, 2.75) is 482 Å². The molecule has 518 valence electrons. The number of nitrogens with one attached hydrogen (secondary N) is 1. The molecule has 2 unspecified atom stereocenters. The predicted molar refractivity (Wildman–Crippen MR) is 384 cm³/mol.